The molecule has 0 saturated heterocycles. The Hall–Kier alpha value is -3.88. The van der Waals surface area contributed by atoms with E-state index >= 15 is 0 Å². The molecule has 5 aromatic carbocycles. The van der Waals surface area contributed by atoms with Crippen molar-refractivity contribution in [3.63, 3.8) is 0 Å². The summed E-state index contributed by atoms with van der Waals surface area (Å²) in [6.07, 6.45) is -1.37. The molecule has 0 bridgehead atoms. The molecule has 0 saturated carbocycles. The molecule has 0 aliphatic heterocycles. The van der Waals surface area contributed by atoms with Crippen LogP contribution in [0.4, 0.5) is 5.69 Å². The first kappa shape index (κ1) is 31.1. The van der Waals surface area contributed by atoms with Crippen molar-refractivity contribution < 1.29 is 5.73 Å². The molecule has 42 heavy (non-hydrogen) atoms. The van der Waals surface area contributed by atoms with Crippen molar-refractivity contribution in [3.8, 4) is 0 Å². The van der Waals surface area contributed by atoms with E-state index in [1.807, 2.05) is 12.1 Å². The second-order valence-corrected chi connectivity index (χ2v) is 12.9. The molecule has 0 heterocycles. The molecule has 0 amide bonds. The van der Waals surface area contributed by atoms with Gasteiger partial charge in [-0.2, -0.15) is 21.9 Å². The summed E-state index contributed by atoms with van der Waals surface area (Å²) in [7, 11) is 0. The number of hydrogen-bond donors (Lipinski definition) is 1. The first-order valence-corrected chi connectivity index (χ1v) is 15.2. The van der Waals surface area contributed by atoms with E-state index in [9.17, 15) is 0 Å². The minimum Gasteiger partial charge on any atom is -0.325 e. The predicted molar refractivity (Wildman–Crippen MR) is 186 cm³/mol. The van der Waals surface area contributed by atoms with E-state index in [0.29, 0.717) is 0 Å². The average Bonchev–Trinajstić information content (AvgIpc) is 2.86. The van der Waals surface area contributed by atoms with Gasteiger partial charge in [0, 0.05) is 5.56 Å². The Balaban J connectivity index is 0.000000385. The van der Waals surface area contributed by atoms with Gasteiger partial charge in [-0.25, -0.2) is 0 Å². The zero-order valence-corrected chi connectivity index (χ0v) is 27.4. The van der Waals surface area contributed by atoms with E-state index in [1.165, 1.54) is 77.5 Å². The van der Waals surface area contributed by atoms with Crippen LogP contribution in [0.5, 0.6) is 0 Å². The fourth-order valence-electron chi connectivity index (χ4n) is 7.01. The average molecular weight is 554 g/mol. The van der Waals surface area contributed by atoms with Crippen molar-refractivity contribution in [2.45, 2.75) is 69.2 Å². The van der Waals surface area contributed by atoms with Gasteiger partial charge in [0.1, 0.15) is 11.8 Å². The van der Waals surface area contributed by atoms with Gasteiger partial charge in [-0.1, -0.05) is 129 Å². The topological polar surface area (TPSA) is 27.6 Å². The lowest BCUT2D eigenvalue weighted by molar-refractivity contribution is -0.255. The fourth-order valence-corrected chi connectivity index (χ4v) is 7.01. The van der Waals surface area contributed by atoms with Gasteiger partial charge in [0.15, 0.2) is 0 Å². The Morgan fingerprint density at radius 3 is 0.857 bits per heavy atom. The van der Waals surface area contributed by atoms with Gasteiger partial charge < -0.3 is 5.73 Å². The third kappa shape index (κ3) is 6.61. The summed E-state index contributed by atoms with van der Waals surface area (Å²) < 4.78 is 0. The van der Waals surface area contributed by atoms with Crippen molar-refractivity contribution in [2.75, 3.05) is 0 Å². The molecule has 0 aromatic heterocycles. The maximum atomic E-state index is 3.88. The van der Waals surface area contributed by atoms with E-state index in [1.54, 1.807) is 0 Å². The van der Waals surface area contributed by atoms with Crippen LogP contribution in [0.3, 0.4) is 0 Å². The van der Waals surface area contributed by atoms with E-state index in [4.69, 9.17) is 0 Å². The molecule has 1 nitrogen and oxygen atoms in total. The summed E-state index contributed by atoms with van der Waals surface area (Å²) in [5.41, 5.74) is 23.7. The summed E-state index contributed by atoms with van der Waals surface area (Å²) in [6, 6.07) is 34.6. The summed E-state index contributed by atoms with van der Waals surface area (Å²) >= 11 is 0. The monoisotopic (exact) mass is 553 g/mol. The van der Waals surface area contributed by atoms with Crippen LogP contribution < -0.4 is 27.6 Å². The van der Waals surface area contributed by atoms with Crippen LogP contribution in [0, 0.1) is 69.2 Å². The number of quaternary nitrogens is 1. The number of benzene rings is 5. The van der Waals surface area contributed by atoms with Crippen molar-refractivity contribution >= 4 is 33.7 Å². The predicted octanol–water partition coefficient (Wildman–Crippen LogP) is 6.71. The van der Waals surface area contributed by atoms with Gasteiger partial charge >= 0.3 is 0 Å². The van der Waals surface area contributed by atoms with Crippen molar-refractivity contribution in [2.24, 2.45) is 0 Å². The number of rotatable bonds is 4. The van der Waals surface area contributed by atoms with Crippen molar-refractivity contribution in [1.82, 2.24) is 0 Å². The van der Waals surface area contributed by atoms with Gasteiger partial charge in [-0.05, 0) is 80.9 Å². The second kappa shape index (κ2) is 12.6. The van der Waals surface area contributed by atoms with Crippen molar-refractivity contribution in [3.05, 3.63) is 147 Å². The molecule has 216 valence electrons. The Morgan fingerprint density at radius 2 is 0.643 bits per heavy atom. The van der Waals surface area contributed by atoms with Gasteiger partial charge in [0.2, 0.25) is 0 Å². The van der Waals surface area contributed by atoms with Gasteiger partial charge in [0.05, 0.1) is 0 Å². The van der Waals surface area contributed by atoms with Gasteiger partial charge in [0.25, 0.3) is 0 Å². The number of aryl methyl sites for hydroxylation is 9. The largest absolute Gasteiger partial charge is 0.325 e. The van der Waals surface area contributed by atoms with Gasteiger partial charge in [-0.15, -0.1) is 0 Å². The maximum absolute atomic E-state index is 3.88. The summed E-state index contributed by atoms with van der Waals surface area (Å²) in [5, 5.41) is 0. The van der Waals surface area contributed by atoms with E-state index in [2.05, 4.69) is 154 Å². The van der Waals surface area contributed by atoms with Crippen LogP contribution in [-0.4, -0.2) is 6.15 Å². The summed E-state index contributed by atoms with van der Waals surface area (Å²) in [4.78, 5) is 0. The highest BCUT2D eigenvalue weighted by Crippen LogP contribution is 2.17. The highest BCUT2D eigenvalue weighted by Gasteiger charge is 2.33. The molecule has 0 unspecified atom stereocenters. The maximum Gasteiger partial charge on any atom is 0.131 e. The molecule has 2 heteroatoms. The van der Waals surface area contributed by atoms with Crippen LogP contribution in [0.15, 0.2) is 91.0 Å². The molecule has 0 atom stereocenters. The minimum atomic E-state index is -1.37. The van der Waals surface area contributed by atoms with Gasteiger partial charge in [-0.3, -0.25) is 0 Å². The third-order valence-electron chi connectivity index (χ3n) is 8.69. The Bertz CT molecular complexity index is 1430. The molecule has 5 rings (SSSR count). The van der Waals surface area contributed by atoms with Crippen LogP contribution in [0.2, 0.25) is 0 Å². The Kier molecular flexibility index (Phi) is 9.29. The van der Waals surface area contributed by atoms with E-state index in [0.717, 1.165) is 5.69 Å². The SMILES string of the molecule is Cc1cc(C)cc([B-](c2cc(C)cc(C)c2)(c2cc(C)cc(C)c2)c2cc(C)cc(C)c2)c1.Cc1cccc([NH3+])c1C. The molecule has 0 radical (unpaired) electrons. The Labute approximate surface area is 254 Å². The summed E-state index contributed by atoms with van der Waals surface area (Å²) in [5.74, 6) is 0. The van der Waals surface area contributed by atoms with Crippen LogP contribution in [0.1, 0.15) is 55.6 Å². The molecule has 0 aliphatic rings. The molecule has 0 fully saturated rings. The van der Waals surface area contributed by atoms with Crippen molar-refractivity contribution in [1.29, 1.82) is 0 Å². The quantitative estimate of drug-likeness (QED) is 0.240. The molecule has 0 spiro atoms. The second-order valence-electron chi connectivity index (χ2n) is 12.9. The lowest BCUT2D eigenvalue weighted by atomic mass is 9.12. The Morgan fingerprint density at radius 1 is 0.381 bits per heavy atom. The molecule has 0 aliphatic carbocycles. The first-order valence-electron chi connectivity index (χ1n) is 15.2. The van der Waals surface area contributed by atoms with Crippen LogP contribution >= 0.6 is 0 Å². The zero-order chi connectivity index (χ0) is 30.8. The summed E-state index contributed by atoms with van der Waals surface area (Å²) in [6.45, 7) is 22.0. The standard InChI is InChI=1S/C32H36B.C8H11N/c1-21-9-22(2)14-29(13-21)33(30-15-23(3)10-24(4)16-30,31-17-25(5)11-26(6)18-31)32-19-27(7)12-28(8)20-32;1-6-4-3-5-8(9)7(6)2/h9-20H,1-8H3;3-5H,9H2,1-2H3/q-1;/p+1. The lowest BCUT2D eigenvalue weighted by Gasteiger charge is -2.46. The van der Waals surface area contributed by atoms with Crippen LogP contribution in [-0.2, 0) is 0 Å². The fraction of sp³-hybridized carbons (Fsp3) is 0.250. The third-order valence-corrected chi connectivity index (χ3v) is 8.69. The smallest absolute Gasteiger partial charge is 0.131 e. The molecule has 5 aromatic rings. The molecular weight excluding hydrogens is 505 g/mol. The molecular formula is C40H48BN. The number of hydrogen-bond acceptors (Lipinski definition) is 0. The molecule has 3 N–H and O–H groups in total. The highest BCUT2D eigenvalue weighted by atomic mass is 14.5. The lowest BCUT2D eigenvalue weighted by Crippen LogP contribution is -2.75. The first-order chi connectivity index (χ1) is 19.8. The normalized spacial score (nSPS) is 11.2. The van der Waals surface area contributed by atoms with E-state index in [-0.39, 0.29) is 0 Å². The minimum absolute atomic E-state index is 1.13. The van der Waals surface area contributed by atoms with Crippen LogP contribution in [0.25, 0.3) is 0 Å². The highest BCUT2D eigenvalue weighted by molar-refractivity contribution is 7.20. The zero-order valence-electron chi connectivity index (χ0n) is 27.4. The van der Waals surface area contributed by atoms with E-state index < -0.39 is 6.15 Å².